The monoisotopic (exact) mass is 473 g/mol. The molecular formula is C25H27N7O3. The molecule has 3 aromatic heterocycles. The molecule has 2 atom stereocenters. The van der Waals surface area contributed by atoms with Crippen molar-refractivity contribution < 1.29 is 14.3 Å². The average Bonchev–Trinajstić information content (AvgIpc) is 3.51. The van der Waals surface area contributed by atoms with Gasteiger partial charge in [-0.25, -0.2) is 9.20 Å². The Bertz CT molecular complexity index is 1430. The smallest absolute Gasteiger partial charge is 0.252 e. The number of nitrogens with one attached hydrogen (secondary N) is 1. The Morgan fingerprint density at radius 1 is 1.20 bits per heavy atom. The molecule has 1 N–H and O–H groups in total. The van der Waals surface area contributed by atoms with E-state index < -0.39 is 6.10 Å². The molecule has 4 bridgehead atoms. The third-order valence-electron chi connectivity index (χ3n) is 6.70. The zero-order valence-corrected chi connectivity index (χ0v) is 19.9. The highest BCUT2D eigenvalue weighted by atomic mass is 16.5. The highest BCUT2D eigenvalue weighted by molar-refractivity contribution is 5.84. The second kappa shape index (κ2) is 8.38. The molecule has 6 rings (SSSR count). The molecule has 0 unspecified atom stereocenters. The summed E-state index contributed by atoms with van der Waals surface area (Å²) in [6.07, 6.45) is 3.81. The molecule has 35 heavy (non-hydrogen) atoms. The molecule has 180 valence electrons. The number of carbonyl (C=O) groups excluding carboxylic acids is 1. The van der Waals surface area contributed by atoms with E-state index in [1.807, 2.05) is 35.8 Å². The van der Waals surface area contributed by atoms with Gasteiger partial charge in [0, 0.05) is 55.8 Å². The molecule has 0 aliphatic carbocycles. The Balaban J connectivity index is 1.47. The second-order valence-corrected chi connectivity index (χ2v) is 9.08. The van der Waals surface area contributed by atoms with Gasteiger partial charge in [-0.05, 0) is 43.7 Å². The molecule has 2 aliphatic rings. The molecule has 0 saturated carbocycles. The van der Waals surface area contributed by atoms with Crippen LogP contribution in [-0.2, 0) is 9.53 Å². The average molecular weight is 474 g/mol. The number of fused-ring (bicyclic) bond motifs is 5. The maximum Gasteiger partial charge on any atom is 0.252 e. The van der Waals surface area contributed by atoms with E-state index in [0.29, 0.717) is 37.6 Å². The normalized spacial score (nSPS) is 20.0. The lowest BCUT2D eigenvalue weighted by atomic mass is 10.1. The minimum absolute atomic E-state index is 0.00596. The Labute approximate surface area is 202 Å². The van der Waals surface area contributed by atoms with Gasteiger partial charge in [-0.1, -0.05) is 0 Å². The molecule has 1 saturated heterocycles. The molecule has 0 spiro atoms. The molecule has 4 aromatic rings. The van der Waals surface area contributed by atoms with Crippen molar-refractivity contribution in [2.75, 3.05) is 32.1 Å². The van der Waals surface area contributed by atoms with Crippen molar-refractivity contribution in [3.8, 4) is 22.7 Å². The van der Waals surface area contributed by atoms with E-state index in [0.717, 1.165) is 33.9 Å². The number of hydrogen-bond acceptors (Lipinski definition) is 7. The first-order valence-electron chi connectivity index (χ1n) is 11.7. The standard InChI is InChI=1S/C25H27N7O3/c1-15-8-16(2)32(29-15)19-10-17-9-18(11-19)26-5-7-30-20(12-22(34-3)25(30)33)14-35-23-4-6-31-24(28-23)21(17)13-27-31/h4,6,8-11,13,20,22,26H,5,7,12,14H2,1-3H3/t20-,22+/m0/s1. The maximum atomic E-state index is 12.9. The van der Waals surface area contributed by atoms with Gasteiger partial charge in [0.2, 0.25) is 5.88 Å². The van der Waals surface area contributed by atoms with Crippen LogP contribution in [0, 0.1) is 13.8 Å². The van der Waals surface area contributed by atoms with Crippen LogP contribution in [0.3, 0.4) is 0 Å². The molecule has 10 heteroatoms. The summed E-state index contributed by atoms with van der Waals surface area (Å²) >= 11 is 0. The predicted octanol–water partition coefficient (Wildman–Crippen LogP) is 2.62. The highest BCUT2D eigenvalue weighted by Crippen LogP contribution is 2.31. The van der Waals surface area contributed by atoms with Crippen LogP contribution in [0.15, 0.2) is 42.7 Å². The zero-order chi connectivity index (χ0) is 24.1. The van der Waals surface area contributed by atoms with Crippen LogP contribution >= 0.6 is 0 Å². The Kier molecular flexibility index (Phi) is 5.18. The number of hydrogen-bond donors (Lipinski definition) is 1. The Morgan fingerprint density at radius 3 is 2.89 bits per heavy atom. The fraction of sp³-hybridized carbons (Fsp3) is 0.360. The number of ether oxygens (including phenoxy) is 2. The van der Waals surface area contributed by atoms with E-state index in [-0.39, 0.29) is 11.9 Å². The van der Waals surface area contributed by atoms with Crippen LogP contribution in [0.5, 0.6) is 5.88 Å². The number of aryl methyl sites for hydroxylation is 2. The number of rotatable bonds is 2. The fourth-order valence-corrected chi connectivity index (χ4v) is 5.01. The fourth-order valence-electron chi connectivity index (χ4n) is 5.01. The third-order valence-corrected chi connectivity index (χ3v) is 6.70. The van der Waals surface area contributed by atoms with Gasteiger partial charge in [-0.15, -0.1) is 0 Å². The molecule has 1 amide bonds. The van der Waals surface area contributed by atoms with Gasteiger partial charge in [0.1, 0.15) is 12.7 Å². The molecule has 5 heterocycles. The largest absolute Gasteiger partial charge is 0.475 e. The first-order chi connectivity index (χ1) is 17.0. The Hall–Kier alpha value is -3.92. The van der Waals surface area contributed by atoms with E-state index in [4.69, 9.17) is 14.5 Å². The van der Waals surface area contributed by atoms with Crippen molar-refractivity contribution in [3.05, 3.63) is 54.1 Å². The first kappa shape index (κ1) is 21.6. The SMILES string of the molecule is CO[C@@H]1C[C@H]2COc3ccn4ncc(c4n3)-c3cc(cc(-n4nc(C)cc4C)c3)NCCN2C1=O. The topological polar surface area (TPSA) is 98.8 Å². The number of nitrogens with zero attached hydrogens (tertiary/aromatic N) is 6. The van der Waals surface area contributed by atoms with E-state index in [9.17, 15) is 4.79 Å². The highest BCUT2D eigenvalue weighted by Gasteiger charge is 2.39. The second-order valence-electron chi connectivity index (χ2n) is 9.08. The van der Waals surface area contributed by atoms with Crippen molar-refractivity contribution in [2.45, 2.75) is 32.4 Å². The van der Waals surface area contributed by atoms with Gasteiger partial charge >= 0.3 is 0 Å². The maximum absolute atomic E-state index is 12.9. The van der Waals surface area contributed by atoms with Gasteiger partial charge in [0.15, 0.2) is 5.65 Å². The zero-order valence-electron chi connectivity index (χ0n) is 19.9. The number of methoxy groups -OCH3 is 1. The summed E-state index contributed by atoms with van der Waals surface area (Å²) < 4.78 is 15.2. The number of aromatic nitrogens is 5. The molecule has 1 fully saturated rings. The van der Waals surface area contributed by atoms with Crippen molar-refractivity contribution in [3.63, 3.8) is 0 Å². The van der Waals surface area contributed by atoms with Crippen LogP contribution in [0.25, 0.3) is 22.5 Å². The first-order valence-corrected chi connectivity index (χ1v) is 11.7. The summed E-state index contributed by atoms with van der Waals surface area (Å²) in [5.41, 5.74) is 6.43. The lowest BCUT2D eigenvalue weighted by Crippen LogP contribution is -2.41. The van der Waals surface area contributed by atoms with E-state index >= 15 is 0 Å². The van der Waals surface area contributed by atoms with E-state index in [1.165, 1.54) is 0 Å². The van der Waals surface area contributed by atoms with Crippen LogP contribution in [0.2, 0.25) is 0 Å². The molecule has 0 radical (unpaired) electrons. The van der Waals surface area contributed by atoms with Crippen LogP contribution in [-0.4, -0.2) is 74.1 Å². The van der Waals surface area contributed by atoms with Gasteiger partial charge in [-0.2, -0.15) is 15.2 Å². The molecular weight excluding hydrogens is 446 g/mol. The molecule has 1 aromatic carbocycles. The van der Waals surface area contributed by atoms with Crippen LogP contribution in [0.1, 0.15) is 17.8 Å². The lowest BCUT2D eigenvalue weighted by molar-refractivity contribution is -0.136. The quantitative estimate of drug-likeness (QED) is 0.478. The van der Waals surface area contributed by atoms with E-state index in [2.05, 4.69) is 39.8 Å². The van der Waals surface area contributed by atoms with Crippen LogP contribution < -0.4 is 10.1 Å². The summed E-state index contributed by atoms with van der Waals surface area (Å²) in [4.78, 5) is 19.5. The predicted molar refractivity (Wildman–Crippen MR) is 130 cm³/mol. The van der Waals surface area contributed by atoms with Gasteiger partial charge in [0.05, 0.1) is 23.6 Å². The van der Waals surface area contributed by atoms with Crippen molar-refractivity contribution in [1.29, 1.82) is 0 Å². The van der Waals surface area contributed by atoms with Gasteiger partial charge in [-0.3, -0.25) is 4.79 Å². The van der Waals surface area contributed by atoms with Gasteiger partial charge < -0.3 is 19.7 Å². The number of anilines is 1. The minimum Gasteiger partial charge on any atom is -0.475 e. The van der Waals surface area contributed by atoms with Crippen LogP contribution in [0.4, 0.5) is 5.69 Å². The summed E-state index contributed by atoms with van der Waals surface area (Å²) in [6.45, 7) is 5.50. The lowest BCUT2D eigenvalue weighted by Gasteiger charge is -2.25. The summed E-state index contributed by atoms with van der Waals surface area (Å²) in [6, 6.07) is 10.0. The van der Waals surface area contributed by atoms with Gasteiger partial charge in [0.25, 0.3) is 5.91 Å². The number of amides is 1. The van der Waals surface area contributed by atoms with E-state index in [1.54, 1.807) is 17.7 Å². The summed E-state index contributed by atoms with van der Waals surface area (Å²) in [7, 11) is 1.58. The third kappa shape index (κ3) is 3.79. The molecule has 10 nitrogen and oxygen atoms in total. The van der Waals surface area contributed by atoms with Crippen molar-refractivity contribution in [1.82, 2.24) is 29.3 Å². The molecule has 2 aliphatic heterocycles. The summed E-state index contributed by atoms with van der Waals surface area (Å²) in [5.74, 6) is 0.492. The number of carbonyl (C=O) groups is 1. The summed E-state index contributed by atoms with van der Waals surface area (Å²) in [5, 5.41) is 12.7. The van der Waals surface area contributed by atoms with Crippen molar-refractivity contribution >= 4 is 17.2 Å². The Morgan fingerprint density at radius 2 is 2.09 bits per heavy atom. The minimum atomic E-state index is -0.447. The van der Waals surface area contributed by atoms with Crippen molar-refractivity contribution in [2.24, 2.45) is 0 Å². The number of benzene rings is 1.